The summed E-state index contributed by atoms with van der Waals surface area (Å²) in [6.45, 7) is 1.90. The molecule has 0 aliphatic heterocycles. The number of aromatic nitrogens is 2. The van der Waals surface area contributed by atoms with Crippen LogP contribution in [0.1, 0.15) is 11.3 Å². The number of aryl methyl sites for hydroxylation is 1. The number of hydrogen-bond acceptors (Lipinski definition) is 3. The molecule has 4 nitrogen and oxygen atoms in total. The van der Waals surface area contributed by atoms with Crippen LogP contribution >= 0.6 is 0 Å². The lowest BCUT2D eigenvalue weighted by Crippen LogP contribution is -2.00. The lowest BCUT2D eigenvalue weighted by molar-refractivity contribution is -0.136. The normalized spacial score (nSPS) is 10.2. The Hall–Kier alpha value is -2.23. The van der Waals surface area contributed by atoms with Gasteiger partial charge in [-0.15, -0.1) is 0 Å². The topological polar surface area (TPSA) is 63.1 Å². The van der Waals surface area contributed by atoms with Crippen LogP contribution in [0.15, 0.2) is 36.5 Å². The quantitative estimate of drug-likeness (QED) is 0.873. The van der Waals surface area contributed by atoms with E-state index in [0.29, 0.717) is 5.82 Å². The molecule has 2 aromatic rings. The molecule has 0 unspecified atom stereocenters. The lowest BCUT2D eigenvalue weighted by atomic mass is 10.1. The summed E-state index contributed by atoms with van der Waals surface area (Å²) in [5, 5.41) is 8.74. The van der Waals surface area contributed by atoms with Crippen molar-refractivity contribution in [3.05, 3.63) is 47.8 Å². The smallest absolute Gasteiger partial charge is 0.307 e. The predicted molar refractivity (Wildman–Crippen MR) is 63.5 cm³/mol. The highest BCUT2D eigenvalue weighted by atomic mass is 16.4. The fraction of sp³-hybridized carbons (Fsp3) is 0.154. The molecule has 1 N–H and O–H groups in total. The van der Waals surface area contributed by atoms with Crippen LogP contribution in [-0.2, 0) is 11.2 Å². The Morgan fingerprint density at radius 3 is 2.88 bits per heavy atom. The van der Waals surface area contributed by atoms with Gasteiger partial charge in [0.15, 0.2) is 5.82 Å². The summed E-state index contributed by atoms with van der Waals surface area (Å²) < 4.78 is 0. The van der Waals surface area contributed by atoms with Crippen LogP contribution in [0, 0.1) is 6.92 Å². The van der Waals surface area contributed by atoms with Gasteiger partial charge in [0, 0.05) is 17.5 Å². The van der Waals surface area contributed by atoms with Crippen LogP contribution < -0.4 is 0 Å². The van der Waals surface area contributed by atoms with Gasteiger partial charge in [-0.25, -0.2) is 9.97 Å². The molecule has 17 heavy (non-hydrogen) atoms. The maximum absolute atomic E-state index is 10.6. The van der Waals surface area contributed by atoms with Gasteiger partial charge in [0.05, 0.1) is 6.42 Å². The van der Waals surface area contributed by atoms with Crippen molar-refractivity contribution in [3.8, 4) is 11.4 Å². The van der Waals surface area contributed by atoms with Gasteiger partial charge in [-0.2, -0.15) is 0 Å². The van der Waals surface area contributed by atoms with Crippen molar-refractivity contribution < 1.29 is 9.90 Å². The van der Waals surface area contributed by atoms with E-state index in [0.717, 1.165) is 16.8 Å². The summed E-state index contributed by atoms with van der Waals surface area (Å²) in [4.78, 5) is 19.1. The largest absolute Gasteiger partial charge is 0.481 e. The highest BCUT2D eigenvalue weighted by Crippen LogP contribution is 2.16. The number of hydrogen-bond donors (Lipinski definition) is 1. The van der Waals surface area contributed by atoms with Gasteiger partial charge < -0.3 is 5.11 Å². The molecular weight excluding hydrogens is 216 g/mol. The van der Waals surface area contributed by atoms with Crippen molar-refractivity contribution in [1.82, 2.24) is 9.97 Å². The zero-order valence-corrected chi connectivity index (χ0v) is 9.42. The summed E-state index contributed by atoms with van der Waals surface area (Å²) in [5.74, 6) is -0.218. The van der Waals surface area contributed by atoms with Gasteiger partial charge in [-0.3, -0.25) is 4.79 Å². The van der Waals surface area contributed by atoms with Crippen molar-refractivity contribution in [3.63, 3.8) is 0 Å². The minimum atomic E-state index is -0.840. The highest BCUT2D eigenvalue weighted by Gasteiger charge is 2.04. The SMILES string of the molecule is Cc1ccnc(-c2cccc(CC(=O)O)c2)n1. The molecular formula is C13H12N2O2. The average molecular weight is 228 g/mol. The molecule has 0 fully saturated rings. The Balaban J connectivity index is 2.36. The molecule has 0 aliphatic carbocycles. The summed E-state index contributed by atoms with van der Waals surface area (Å²) in [6.07, 6.45) is 1.71. The van der Waals surface area contributed by atoms with Crippen LogP contribution in [0.5, 0.6) is 0 Å². The standard InChI is InChI=1S/C13H12N2O2/c1-9-5-6-14-13(15-9)11-4-2-3-10(7-11)8-12(16)17/h2-7H,8H2,1H3,(H,16,17). The molecule has 0 amide bonds. The Kier molecular flexibility index (Phi) is 3.14. The van der Waals surface area contributed by atoms with Crippen molar-refractivity contribution in [2.24, 2.45) is 0 Å². The zero-order valence-electron chi connectivity index (χ0n) is 9.42. The number of carboxylic acid groups (broad SMARTS) is 1. The van der Waals surface area contributed by atoms with Gasteiger partial charge >= 0.3 is 5.97 Å². The molecule has 2 rings (SSSR count). The van der Waals surface area contributed by atoms with Gasteiger partial charge in [-0.05, 0) is 24.6 Å². The van der Waals surface area contributed by atoms with E-state index in [9.17, 15) is 4.79 Å². The zero-order chi connectivity index (χ0) is 12.3. The van der Waals surface area contributed by atoms with Crippen molar-refractivity contribution in [1.29, 1.82) is 0 Å². The maximum Gasteiger partial charge on any atom is 0.307 e. The van der Waals surface area contributed by atoms with E-state index in [1.54, 1.807) is 12.3 Å². The molecule has 0 bridgehead atoms. The fourth-order valence-corrected chi connectivity index (χ4v) is 1.58. The predicted octanol–water partition coefficient (Wildman–Crippen LogP) is 2.08. The van der Waals surface area contributed by atoms with E-state index < -0.39 is 5.97 Å². The first-order valence-electron chi connectivity index (χ1n) is 5.26. The number of carboxylic acids is 1. The Morgan fingerprint density at radius 1 is 1.35 bits per heavy atom. The lowest BCUT2D eigenvalue weighted by Gasteiger charge is -2.03. The minimum absolute atomic E-state index is 0.0135. The third kappa shape index (κ3) is 2.87. The molecule has 0 atom stereocenters. The maximum atomic E-state index is 10.6. The highest BCUT2D eigenvalue weighted by molar-refractivity contribution is 5.71. The number of carbonyl (C=O) groups is 1. The average Bonchev–Trinajstić information content (AvgIpc) is 2.28. The summed E-state index contributed by atoms with van der Waals surface area (Å²) in [7, 11) is 0. The van der Waals surface area contributed by atoms with E-state index in [1.807, 2.05) is 31.2 Å². The molecule has 0 saturated heterocycles. The third-order valence-corrected chi connectivity index (χ3v) is 2.34. The van der Waals surface area contributed by atoms with E-state index in [1.165, 1.54) is 0 Å². The van der Waals surface area contributed by atoms with E-state index in [2.05, 4.69) is 9.97 Å². The van der Waals surface area contributed by atoms with E-state index in [-0.39, 0.29) is 6.42 Å². The molecule has 1 aromatic heterocycles. The van der Waals surface area contributed by atoms with Crippen LogP contribution in [-0.4, -0.2) is 21.0 Å². The first kappa shape index (κ1) is 11.3. The monoisotopic (exact) mass is 228 g/mol. The first-order valence-corrected chi connectivity index (χ1v) is 5.26. The Bertz CT molecular complexity index is 553. The van der Waals surface area contributed by atoms with E-state index in [4.69, 9.17) is 5.11 Å². The summed E-state index contributed by atoms with van der Waals surface area (Å²) >= 11 is 0. The molecule has 1 heterocycles. The van der Waals surface area contributed by atoms with E-state index >= 15 is 0 Å². The van der Waals surface area contributed by atoms with Crippen LogP contribution in [0.3, 0.4) is 0 Å². The second-order valence-electron chi connectivity index (χ2n) is 3.79. The molecule has 0 radical (unpaired) electrons. The van der Waals surface area contributed by atoms with Crippen molar-refractivity contribution in [2.45, 2.75) is 13.3 Å². The molecule has 86 valence electrons. The number of nitrogens with zero attached hydrogens (tertiary/aromatic N) is 2. The molecule has 1 aromatic carbocycles. The number of rotatable bonds is 3. The Morgan fingerprint density at radius 2 is 2.18 bits per heavy atom. The van der Waals surface area contributed by atoms with Gasteiger partial charge in [0.2, 0.25) is 0 Å². The van der Waals surface area contributed by atoms with Gasteiger partial charge in [0.1, 0.15) is 0 Å². The molecule has 0 spiro atoms. The van der Waals surface area contributed by atoms with Gasteiger partial charge in [-0.1, -0.05) is 18.2 Å². The summed E-state index contributed by atoms with van der Waals surface area (Å²) in [6, 6.07) is 9.11. The van der Waals surface area contributed by atoms with Crippen LogP contribution in [0.4, 0.5) is 0 Å². The summed E-state index contributed by atoms with van der Waals surface area (Å²) in [5.41, 5.74) is 2.48. The number of aliphatic carboxylic acids is 1. The second-order valence-corrected chi connectivity index (χ2v) is 3.79. The Labute approximate surface area is 99.0 Å². The molecule has 0 aliphatic rings. The third-order valence-electron chi connectivity index (χ3n) is 2.34. The first-order chi connectivity index (χ1) is 8.15. The van der Waals surface area contributed by atoms with Crippen molar-refractivity contribution >= 4 is 5.97 Å². The van der Waals surface area contributed by atoms with Gasteiger partial charge in [0.25, 0.3) is 0 Å². The van der Waals surface area contributed by atoms with Crippen LogP contribution in [0.25, 0.3) is 11.4 Å². The fourth-order valence-electron chi connectivity index (χ4n) is 1.58. The number of benzene rings is 1. The molecule has 0 saturated carbocycles. The minimum Gasteiger partial charge on any atom is -0.481 e. The van der Waals surface area contributed by atoms with Crippen LogP contribution in [0.2, 0.25) is 0 Å². The van der Waals surface area contributed by atoms with Crippen molar-refractivity contribution in [2.75, 3.05) is 0 Å². The second kappa shape index (κ2) is 4.74. The molecule has 4 heteroatoms.